The Morgan fingerprint density at radius 3 is 2.26 bits per heavy atom. The first kappa shape index (κ1) is 22.4. The fourth-order valence-electron chi connectivity index (χ4n) is 3.23. The first-order valence-corrected chi connectivity index (χ1v) is 10.0. The lowest BCUT2D eigenvalue weighted by molar-refractivity contribution is -0.120. The molecule has 2 amide bonds. The van der Waals surface area contributed by atoms with Gasteiger partial charge in [-0.3, -0.25) is 24.1 Å². The number of hydrogen-bond donors (Lipinski definition) is 2. The molecule has 1 aliphatic heterocycles. The summed E-state index contributed by atoms with van der Waals surface area (Å²) in [6, 6.07) is 1.66. The summed E-state index contributed by atoms with van der Waals surface area (Å²) < 4.78 is 11.4. The predicted molar refractivity (Wildman–Crippen MR) is 111 cm³/mol. The van der Waals surface area contributed by atoms with Crippen LogP contribution in [0.1, 0.15) is 23.0 Å². The molecule has 3 heterocycles. The topological polar surface area (TPSA) is 135 Å². The van der Waals surface area contributed by atoms with Gasteiger partial charge in [-0.1, -0.05) is 5.16 Å². The van der Waals surface area contributed by atoms with Gasteiger partial charge in [-0.05, 0) is 13.8 Å². The monoisotopic (exact) mass is 433 g/mol. The average molecular weight is 433 g/mol. The van der Waals surface area contributed by atoms with Crippen LogP contribution in [-0.4, -0.2) is 88.4 Å². The minimum Gasteiger partial charge on any atom is -0.462 e. The molecule has 0 unspecified atom stereocenters. The second-order valence-corrected chi connectivity index (χ2v) is 7.22. The lowest BCUT2D eigenvalue weighted by atomic mass is 10.3. The van der Waals surface area contributed by atoms with Crippen LogP contribution >= 0.6 is 0 Å². The minimum absolute atomic E-state index is 0.165. The van der Waals surface area contributed by atoms with Gasteiger partial charge in [0.15, 0.2) is 5.82 Å². The summed E-state index contributed by atoms with van der Waals surface area (Å²) in [5.74, 6) is 0.391. The van der Waals surface area contributed by atoms with E-state index in [9.17, 15) is 14.4 Å². The van der Waals surface area contributed by atoms with E-state index in [4.69, 9.17) is 9.26 Å². The molecule has 0 aromatic carbocycles. The van der Waals surface area contributed by atoms with Crippen molar-refractivity contribution >= 4 is 29.4 Å². The summed E-state index contributed by atoms with van der Waals surface area (Å²) >= 11 is 0. The SMILES string of the molecule is CCOC(=O)c1cnn(C)c1NC(=O)CN1CCN(CC(=O)Nc2cc(C)on2)CC1. The third kappa shape index (κ3) is 6.12. The molecule has 1 saturated heterocycles. The maximum Gasteiger partial charge on any atom is 0.343 e. The van der Waals surface area contributed by atoms with Crippen LogP contribution in [0.15, 0.2) is 16.8 Å². The van der Waals surface area contributed by atoms with Gasteiger partial charge in [0.25, 0.3) is 0 Å². The van der Waals surface area contributed by atoms with Crippen LogP contribution in [0, 0.1) is 6.92 Å². The molecule has 1 aliphatic rings. The second kappa shape index (κ2) is 10.2. The van der Waals surface area contributed by atoms with Crippen LogP contribution in [0.25, 0.3) is 0 Å². The van der Waals surface area contributed by atoms with Crippen molar-refractivity contribution < 1.29 is 23.6 Å². The molecule has 0 saturated carbocycles. The maximum atomic E-state index is 12.5. The van der Waals surface area contributed by atoms with Crippen LogP contribution in [-0.2, 0) is 21.4 Å². The van der Waals surface area contributed by atoms with Crippen LogP contribution < -0.4 is 10.6 Å². The van der Waals surface area contributed by atoms with Crippen molar-refractivity contribution in [1.29, 1.82) is 0 Å². The van der Waals surface area contributed by atoms with Gasteiger partial charge < -0.3 is 19.9 Å². The molecule has 1 fully saturated rings. The number of esters is 1. The fraction of sp³-hybridized carbons (Fsp3) is 0.526. The largest absolute Gasteiger partial charge is 0.462 e. The van der Waals surface area contributed by atoms with E-state index in [1.165, 1.54) is 10.9 Å². The number of rotatable bonds is 8. The van der Waals surface area contributed by atoms with E-state index in [0.29, 0.717) is 43.6 Å². The van der Waals surface area contributed by atoms with Crippen molar-refractivity contribution in [3.8, 4) is 0 Å². The molecule has 3 rings (SSSR count). The zero-order valence-corrected chi connectivity index (χ0v) is 17.9. The highest BCUT2D eigenvalue weighted by molar-refractivity contribution is 6.00. The van der Waals surface area contributed by atoms with E-state index in [2.05, 4.69) is 20.9 Å². The summed E-state index contributed by atoms with van der Waals surface area (Å²) in [6.45, 7) is 6.70. The molecule has 12 nitrogen and oxygen atoms in total. The zero-order valence-electron chi connectivity index (χ0n) is 17.9. The Morgan fingerprint density at radius 1 is 1.10 bits per heavy atom. The van der Waals surface area contributed by atoms with Crippen LogP contribution in [0.3, 0.4) is 0 Å². The number of piperazine rings is 1. The lowest BCUT2D eigenvalue weighted by Gasteiger charge is -2.33. The number of nitrogens with one attached hydrogen (secondary N) is 2. The van der Waals surface area contributed by atoms with E-state index >= 15 is 0 Å². The highest BCUT2D eigenvalue weighted by atomic mass is 16.5. The highest BCUT2D eigenvalue weighted by Crippen LogP contribution is 2.15. The lowest BCUT2D eigenvalue weighted by Crippen LogP contribution is -2.50. The van der Waals surface area contributed by atoms with Crippen molar-refractivity contribution in [2.75, 3.05) is 56.5 Å². The second-order valence-electron chi connectivity index (χ2n) is 7.22. The van der Waals surface area contributed by atoms with E-state index in [1.54, 1.807) is 27.0 Å². The van der Waals surface area contributed by atoms with Gasteiger partial charge in [-0.2, -0.15) is 5.10 Å². The summed E-state index contributed by atoms with van der Waals surface area (Å²) in [5.41, 5.74) is 0.218. The normalized spacial score (nSPS) is 14.9. The standard InChI is InChI=1S/C19H27N7O5/c1-4-30-19(29)14-10-20-24(3)18(14)22-17(28)12-26-7-5-25(6-8-26)11-16(27)21-15-9-13(2)31-23-15/h9-10H,4-8,11-12H2,1-3H3,(H,22,28)(H,21,23,27). The molecule has 0 atom stereocenters. The zero-order chi connectivity index (χ0) is 22.4. The molecule has 12 heteroatoms. The number of anilines is 2. The molecule has 2 aromatic heterocycles. The molecule has 0 bridgehead atoms. The smallest absolute Gasteiger partial charge is 0.343 e. The van der Waals surface area contributed by atoms with Gasteiger partial charge in [0.05, 0.1) is 25.9 Å². The minimum atomic E-state index is -0.529. The first-order valence-electron chi connectivity index (χ1n) is 10.0. The summed E-state index contributed by atoms with van der Waals surface area (Å²) in [5, 5.41) is 13.2. The van der Waals surface area contributed by atoms with Gasteiger partial charge in [0.1, 0.15) is 17.1 Å². The van der Waals surface area contributed by atoms with Crippen molar-refractivity contribution in [3.05, 3.63) is 23.6 Å². The maximum absolute atomic E-state index is 12.5. The van der Waals surface area contributed by atoms with Gasteiger partial charge in [-0.15, -0.1) is 0 Å². The summed E-state index contributed by atoms with van der Waals surface area (Å²) in [7, 11) is 1.64. The molecule has 2 aromatic rings. The van der Waals surface area contributed by atoms with E-state index in [-0.39, 0.29) is 37.1 Å². The van der Waals surface area contributed by atoms with Crippen molar-refractivity contribution in [1.82, 2.24) is 24.7 Å². The number of amides is 2. The van der Waals surface area contributed by atoms with Gasteiger partial charge >= 0.3 is 5.97 Å². The van der Waals surface area contributed by atoms with Gasteiger partial charge in [0.2, 0.25) is 11.8 Å². The average Bonchev–Trinajstić information content (AvgIpc) is 3.29. The molecule has 0 radical (unpaired) electrons. The molecule has 168 valence electrons. The van der Waals surface area contributed by atoms with Crippen LogP contribution in [0.5, 0.6) is 0 Å². The molecule has 31 heavy (non-hydrogen) atoms. The molecule has 0 spiro atoms. The van der Waals surface area contributed by atoms with E-state index in [0.717, 1.165) is 0 Å². The fourth-order valence-corrected chi connectivity index (χ4v) is 3.23. The van der Waals surface area contributed by atoms with Gasteiger partial charge in [-0.25, -0.2) is 4.79 Å². The van der Waals surface area contributed by atoms with Gasteiger partial charge in [0, 0.05) is 39.3 Å². The summed E-state index contributed by atoms with van der Waals surface area (Å²) in [4.78, 5) is 40.6. The Balaban J connectivity index is 1.44. The number of aryl methyl sites for hydroxylation is 2. The molecule has 0 aliphatic carbocycles. The third-order valence-electron chi connectivity index (χ3n) is 4.79. The molecular formula is C19H27N7O5. The predicted octanol–water partition coefficient (Wildman–Crippen LogP) is 0.0880. The number of aromatic nitrogens is 3. The number of carbonyl (C=O) groups is 3. The molecule has 2 N–H and O–H groups in total. The highest BCUT2D eigenvalue weighted by Gasteiger charge is 2.23. The first-order chi connectivity index (χ1) is 14.9. The van der Waals surface area contributed by atoms with Crippen LogP contribution in [0.4, 0.5) is 11.6 Å². The number of nitrogens with zero attached hydrogens (tertiary/aromatic N) is 5. The Labute approximate surface area is 179 Å². The summed E-state index contributed by atoms with van der Waals surface area (Å²) in [6.07, 6.45) is 1.37. The van der Waals surface area contributed by atoms with Crippen molar-refractivity contribution in [2.24, 2.45) is 7.05 Å². The number of carbonyl (C=O) groups excluding carboxylic acids is 3. The van der Waals surface area contributed by atoms with Crippen molar-refractivity contribution in [3.63, 3.8) is 0 Å². The van der Waals surface area contributed by atoms with E-state index < -0.39 is 5.97 Å². The Hall–Kier alpha value is -3.25. The number of ether oxygens (including phenoxy) is 1. The number of hydrogen-bond acceptors (Lipinski definition) is 9. The Morgan fingerprint density at radius 2 is 1.71 bits per heavy atom. The van der Waals surface area contributed by atoms with E-state index in [1.807, 2.05) is 9.80 Å². The Kier molecular flexibility index (Phi) is 7.36. The third-order valence-corrected chi connectivity index (χ3v) is 4.79. The quantitative estimate of drug-likeness (QED) is 0.555. The van der Waals surface area contributed by atoms with Crippen molar-refractivity contribution in [2.45, 2.75) is 13.8 Å². The Bertz CT molecular complexity index is 930. The van der Waals surface area contributed by atoms with Crippen LogP contribution in [0.2, 0.25) is 0 Å². The molecular weight excluding hydrogens is 406 g/mol.